The highest BCUT2D eigenvalue weighted by Crippen LogP contribution is 2.05. The van der Waals surface area contributed by atoms with Crippen LogP contribution in [0.25, 0.3) is 0 Å². The summed E-state index contributed by atoms with van der Waals surface area (Å²) in [6.07, 6.45) is 5.54. The third-order valence-corrected chi connectivity index (χ3v) is 2.35. The van der Waals surface area contributed by atoms with E-state index < -0.39 is 16.0 Å². The van der Waals surface area contributed by atoms with Crippen molar-refractivity contribution in [3.8, 4) is 0 Å². The zero-order valence-electron chi connectivity index (χ0n) is 9.68. The Kier molecular flexibility index (Phi) is 3.48. The Labute approximate surface area is 106 Å². The molecule has 98 valence electrons. The standard InChI is InChI=1S/C10H10N6O3/c11-14-10-4-12-7(3-13-10)5-15-2-1-9(17)8(6-15)16(18)19/h1-4,6H,5,11H2,(H,13,14). The smallest absolute Gasteiger partial charge is 0.332 e. The van der Waals surface area contributed by atoms with Gasteiger partial charge in [-0.2, -0.15) is 0 Å². The number of nitrogens with two attached hydrogens (primary N) is 1. The maximum absolute atomic E-state index is 11.2. The molecule has 0 amide bonds. The molecule has 9 heteroatoms. The first-order valence-electron chi connectivity index (χ1n) is 5.22. The van der Waals surface area contributed by atoms with E-state index in [2.05, 4.69) is 15.4 Å². The molecule has 0 saturated heterocycles. The quantitative estimate of drug-likeness (QED) is 0.446. The molecule has 0 bridgehead atoms. The number of pyridine rings is 1. The van der Waals surface area contributed by atoms with E-state index >= 15 is 0 Å². The molecule has 0 aliphatic carbocycles. The van der Waals surface area contributed by atoms with Crippen LogP contribution >= 0.6 is 0 Å². The van der Waals surface area contributed by atoms with Gasteiger partial charge in [0.2, 0.25) is 0 Å². The number of nitrogen functional groups attached to an aromatic ring is 1. The van der Waals surface area contributed by atoms with E-state index in [1.807, 2.05) is 0 Å². The van der Waals surface area contributed by atoms with Gasteiger partial charge < -0.3 is 9.99 Å². The summed E-state index contributed by atoms with van der Waals surface area (Å²) in [7, 11) is 0. The minimum Gasteiger partial charge on any atom is -0.342 e. The average molecular weight is 262 g/mol. The molecule has 0 aliphatic heterocycles. The average Bonchev–Trinajstić information content (AvgIpc) is 2.41. The first kappa shape index (κ1) is 12.6. The predicted octanol–water partition coefficient (Wildman–Crippen LogP) is -0.120. The monoisotopic (exact) mass is 262 g/mol. The Bertz CT molecular complexity index is 651. The first-order chi connectivity index (χ1) is 9.10. The van der Waals surface area contributed by atoms with Gasteiger partial charge in [-0.25, -0.2) is 10.8 Å². The normalized spacial score (nSPS) is 10.2. The number of nitrogens with zero attached hydrogens (tertiary/aromatic N) is 4. The maximum atomic E-state index is 11.2. The molecule has 0 saturated carbocycles. The molecule has 0 fully saturated rings. The number of hydrogen-bond donors (Lipinski definition) is 2. The van der Waals surface area contributed by atoms with Crippen molar-refractivity contribution in [2.45, 2.75) is 6.54 Å². The minimum absolute atomic E-state index is 0.263. The molecule has 0 radical (unpaired) electrons. The van der Waals surface area contributed by atoms with Crippen LogP contribution in [0.2, 0.25) is 0 Å². The van der Waals surface area contributed by atoms with E-state index in [1.54, 1.807) is 0 Å². The van der Waals surface area contributed by atoms with E-state index in [4.69, 9.17) is 5.84 Å². The predicted molar refractivity (Wildman–Crippen MR) is 66.3 cm³/mol. The number of aromatic nitrogens is 3. The van der Waals surface area contributed by atoms with E-state index in [-0.39, 0.29) is 6.54 Å². The number of nitrogens with one attached hydrogen (secondary N) is 1. The molecule has 2 heterocycles. The Morgan fingerprint density at radius 3 is 2.79 bits per heavy atom. The Hall–Kier alpha value is -2.81. The van der Waals surface area contributed by atoms with Crippen LogP contribution in [-0.2, 0) is 6.54 Å². The minimum atomic E-state index is -0.716. The van der Waals surface area contributed by atoms with Crippen molar-refractivity contribution in [3.05, 3.63) is 56.9 Å². The van der Waals surface area contributed by atoms with Gasteiger partial charge in [-0.3, -0.25) is 19.9 Å². The summed E-state index contributed by atoms with van der Waals surface area (Å²) < 4.78 is 1.49. The fraction of sp³-hybridized carbons (Fsp3) is 0.100. The van der Waals surface area contributed by atoms with Gasteiger partial charge in [0, 0.05) is 12.3 Å². The molecule has 19 heavy (non-hydrogen) atoms. The molecule has 9 nitrogen and oxygen atoms in total. The number of nitro groups is 1. The van der Waals surface area contributed by atoms with Crippen LogP contribution in [0.5, 0.6) is 0 Å². The van der Waals surface area contributed by atoms with Crippen molar-refractivity contribution in [2.75, 3.05) is 5.43 Å². The van der Waals surface area contributed by atoms with Crippen molar-refractivity contribution < 1.29 is 4.92 Å². The summed E-state index contributed by atoms with van der Waals surface area (Å²) in [5, 5.41) is 10.7. The van der Waals surface area contributed by atoms with Crippen LogP contribution in [0.15, 0.2) is 35.6 Å². The largest absolute Gasteiger partial charge is 0.342 e. The van der Waals surface area contributed by atoms with E-state index in [1.165, 1.54) is 29.4 Å². The topological polar surface area (TPSA) is 129 Å². The Morgan fingerprint density at radius 2 is 2.21 bits per heavy atom. The van der Waals surface area contributed by atoms with Crippen LogP contribution in [-0.4, -0.2) is 19.5 Å². The van der Waals surface area contributed by atoms with Gasteiger partial charge in [-0.15, -0.1) is 0 Å². The Balaban J connectivity index is 2.25. The van der Waals surface area contributed by atoms with Crippen LogP contribution in [0.3, 0.4) is 0 Å². The maximum Gasteiger partial charge on any atom is 0.332 e. The molecule has 2 rings (SSSR count). The third-order valence-electron chi connectivity index (χ3n) is 2.35. The lowest BCUT2D eigenvalue weighted by atomic mass is 10.3. The highest BCUT2D eigenvalue weighted by atomic mass is 16.6. The summed E-state index contributed by atoms with van der Waals surface area (Å²) in [6.45, 7) is 0.263. The van der Waals surface area contributed by atoms with Crippen molar-refractivity contribution in [2.24, 2.45) is 5.84 Å². The highest BCUT2D eigenvalue weighted by Gasteiger charge is 2.11. The van der Waals surface area contributed by atoms with Gasteiger partial charge in [0.1, 0.15) is 0 Å². The second-order valence-corrected chi connectivity index (χ2v) is 3.66. The fourth-order valence-electron chi connectivity index (χ4n) is 1.45. The number of anilines is 1. The van der Waals surface area contributed by atoms with Crippen molar-refractivity contribution in [1.29, 1.82) is 0 Å². The number of rotatable bonds is 4. The van der Waals surface area contributed by atoms with E-state index in [0.29, 0.717) is 11.5 Å². The molecule has 0 atom stereocenters. The van der Waals surface area contributed by atoms with Gasteiger partial charge in [-0.05, 0) is 0 Å². The summed E-state index contributed by atoms with van der Waals surface area (Å²) in [5.74, 6) is 5.57. The molecular formula is C10H10N6O3. The van der Waals surface area contributed by atoms with Crippen LogP contribution in [0, 0.1) is 10.1 Å². The lowest BCUT2D eigenvalue weighted by Gasteiger charge is -2.05. The molecular weight excluding hydrogens is 252 g/mol. The van der Waals surface area contributed by atoms with Crippen molar-refractivity contribution in [3.63, 3.8) is 0 Å². The van der Waals surface area contributed by atoms with Gasteiger partial charge in [0.05, 0.1) is 35.8 Å². The zero-order chi connectivity index (χ0) is 13.8. The van der Waals surface area contributed by atoms with Crippen LogP contribution in [0.4, 0.5) is 11.5 Å². The molecule has 3 N–H and O–H groups in total. The van der Waals surface area contributed by atoms with Gasteiger partial charge >= 0.3 is 5.69 Å². The lowest BCUT2D eigenvalue weighted by Crippen LogP contribution is -2.12. The molecule has 0 spiro atoms. The molecule has 2 aromatic heterocycles. The second-order valence-electron chi connectivity index (χ2n) is 3.66. The van der Waals surface area contributed by atoms with Gasteiger partial charge in [-0.1, -0.05) is 0 Å². The molecule has 0 aliphatic rings. The fourth-order valence-corrected chi connectivity index (χ4v) is 1.45. The molecule has 0 aromatic carbocycles. The number of hydrogen-bond acceptors (Lipinski definition) is 7. The third kappa shape index (κ3) is 2.90. The summed E-state index contributed by atoms with van der Waals surface area (Å²) >= 11 is 0. The van der Waals surface area contributed by atoms with Gasteiger partial charge in [0.25, 0.3) is 5.43 Å². The van der Waals surface area contributed by atoms with Crippen LogP contribution < -0.4 is 16.7 Å². The lowest BCUT2D eigenvalue weighted by molar-refractivity contribution is -0.386. The molecule has 0 unspecified atom stereocenters. The van der Waals surface area contributed by atoms with Crippen molar-refractivity contribution >= 4 is 11.5 Å². The Morgan fingerprint density at radius 1 is 1.42 bits per heavy atom. The second kappa shape index (κ2) is 5.23. The summed E-state index contributed by atoms with van der Waals surface area (Å²) in [5.41, 5.74) is 1.81. The SMILES string of the molecule is NNc1cnc(Cn2ccc(=O)c([N+](=O)[O-])c2)cn1. The molecule has 2 aromatic rings. The van der Waals surface area contributed by atoms with Crippen LogP contribution in [0.1, 0.15) is 5.69 Å². The summed E-state index contributed by atoms with van der Waals surface area (Å²) in [6, 6.07) is 1.14. The highest BCUT2D eigenvalue weighted by molar-refractivity contribution is 5.29. The zero-order valence-corrected chi connectivity index (χ0v) is 9.68. The van der Waals surface area contributed by atoms with E-state index in [9.17, 15) is 14.9 Å². The number of hydrazine groups is 1. The van der Waals surface area contributed by atoms with E-state index in [0.717, 1.165) is 6.07 Å². The van der Waals surface area contributed by atoms with Gasteiger partial charge in [0.15, 0.2) is 5.82 Å². The van der Waals surface area contributed by atoms with Crippen molar-refractivity contribution in [1.82, 2.24) is 14.5 Å². The summed E-state index contributed by atoms with van der Waals surface area (Å²) in [4.78, 5) is 29.2. The first-order valence-corrected chi connectivity index (χ1v) is 5.22.